The third-order valence-corrected chi connectivity index (χ3v) is 2.46. The first-order valence-corrected chi connectivity index (χ1v) is 5.42. The summed E-state index contributed by atoms with van der Waals surface area (Å²) in [7, 11) is 1.56. The van der Waals surface area contributed by atoms with Crippen molar-refractivity contribution in [1.29, 1.82) is 0 Å². The molecule has 4 nitrogen and oxygen atoms in total. The molecule has 1 amide bonds. The van der Waals surface area contributed by atoms with Crippen LogP contribution in [0.2, 0.25) is 0 Å². The molecule has 1 aromatic heterocycles. The molecule has 15 heavy (non-hydrogen) atoms. The van der Waals surface area contributed by atoms with E-state index in [0.717, 1.165) is 10.2 Å². The summed E-state index contributed by atoms with van der Waals surface area (Å²) in [6.07, 6.45) is 0.480. The SMILES string of the molecule is CCC(=O)NCc1ccc(Br)c(OC)n1. The van der Waals surface area contributed by atoms with E-state index in [4.69, 9.17) is 4.74 Å². The van der Waals surface area contributed by atoms with Crippen LogP contribution in [0.4, 0.5) is 0 Å². The van der Waals surface area contributed by atoms with Crippen LogP contribution in [0, 0.1) is 0 Å². The Bertz CT molecular complexity index is 355. The Labute approximate surface area is 97.2 Å². The van der Waals surface area contributed by atoms with Crippen LogP contribution in [0.3, 0.4) is 0 Å². The monoisotopic (exact) mass is 272 g/mol. The molecular formula is C10H13BrN2O2. The molecule has 5 heteroatoms. The van der Waals surface area contributed by atoms with Gasteiger partial charge in [0.05, 0.1) is 23.8 Å². The zero-order chi connectivity index (χ0) is 11.3. The van der Waals surface area contributed by atoms with Gasteiger partial charge in [-0.25, -0.2) is 4.98 Å². The summed E-state index contributed by atoms with van der Waals surface area (Å²) >= 11 is 3.31. The van der Waals surface area contributed by atoms with Gasteiger partial charge in [-0.1, -0.05) is 6.92 Å². The Morgan fingerprint density at radius 2 is 2.33 bits per heavy atom. The largest absolute Gasteiger partial charge is 0.480 e. The topological polar surface area (TPSA) is 51.2 Å². The predicted octanol–water partition coefficient (Wildman–Crippen LogP) is 1.88. The van der Waals surface area contributed by atoms with Gasteiger partial charge in [0.15, 0.2) is 0 Å². The summed E-state index contributed by atoms with van der Waals surface area (Å²) in [6, 6.07) is 3.68. The Morgan fingerprint density at radius 3 is 2.93 bits per heavy atom. The molecule has 0 saturated carbocycles. The molecule has 0 aromatic carbocycles. The quantitative estimate of drug-likeness (QED) is 0.911. The lowest BCUT2D eigenvalue weighted by molar-refractivity contribution is -0.120. The van der Waals surface area contributed by atoms with Crippen molar-refractivity contribution in [2.24, 2.45) is 0 Å². The highest BCUT2D eigenvalue weighted by atomic mass is 79.9. The molecular weight excluding hydrogens is 260 g/mol. The number of halogens is 1. The van der Waals surface area contributed by atoms with Crippen LogP contribution in [0.15, 0.2) is 16.6 Å². The van der Waals surface area contributed by atoms with E-state index in [0.29, 0.717) is 18.8 Å². The third kappa shape index (κ3) is 3.51. The number of carbonyl (C=O) groups excluding carboxylic acids is 1. The summed E-state index contributed by atoms with van der Waals surface area (Å²) in [5.74, 6) is 0.539. The van der Waals surface area contributed by atoms with E-state index >= 15 is 0 Å². The first-order chi connectivity index (χ1) is 7.17. The Morgan fingerprint density at radius 1 is 1.60 bits per heavy atom. The maximum atomic E-state index is 11.0. The minimum Gasteiger partial charge on any atom is -0.480 e. The lowest BCUT2D eigenvalue weighted by Crippen LogP contribution is -2.22. The van der Waals surface area contributed by atoms with E-state index in [2.05, 4.69) is 26.2 Å². The lowest BCUT2D eigenvalue weighted by Gasteiger charge is -2.06. The number of carbonyl (C=O) groups is 1. The van der Waals surface area contributed by atoms with Crippen molar-refractivity contribution in [3.05, 3.63) is 22.3 Å². The number of methoxy groups -OCH3 is 1. The fourth-order valence-electron chi connectivity index (χ4n) is 1.02. The Hall–Kier alpha value is -1.10. The van der Waals surface area contributed by atoms with Crippen LogP contribution in [0.1, 0.15) is 19.0 Å². The molecule has 0 saturated heterocycles. The minimum absolute atomic E-state index is 0.0127. The molecule has 0 bridgehead atoms. The number of nitrogens with one attached hydrogen (secondary N) is 1. The highest BCUT2D eigenvalue weighted by molar-refractivity contribution is 9.10. The number of amides is 1. The second kappa shape index (κ2) is 5.70. The fourth-order valence-corrected chi connectivity index (χ4v) is 1.40. The van der Waals surface area contributed by atoms with Crippen LogP contribution in [0.25, 0.3) is 0 Å². The molecule has 82 valence electrons. The number of rotatable bonds is 4. The number of hydrogen-bond donors (Lipinski definition) is 1. The van der Waals surface area contributed by atoms with Gasteiger partial charge < -0.3 is 10.1 Å². The summed E-state index contributed by atoms with van der Waals surface area (Å²) in [5.41, 5.74) is 0.775. The second-order valence-electron chi connectivity index (χ2n) is 2.92. The smallest absolute Gasteiger partial charge is 0.227 e. The summed E-state index contributed by atoms with van der Waals surface area (Å²) in [6.45, 7) is 2.24. The first kappa shape index (κ1) is 12.0. The van der Waals surface area contributed by atoms with E-state index in [1.54, 1.807) is 7.11 Å². The van der Waals surface area contributed by atoms with Crippen LogP contribution in [-0.4, -0.2) is 18.0 Å². The highest BCUT2D eigenvalue weighted by Gasteiger charge is 2.04. The van der Waals surface area contributed by atoms with E-state index < -0.39 is 0 Å². The van der Waals surface area contributed by atoms with Crippen LogP contribution in [0.5, 0.6) is 5.88 Å². The molecule has 0 aliphatic carbocycles. The standard InChI is InChI=1S/C10H13BrN2O2/c1-3-9(14)12-6-7-4-5-8(11)10(13-7)15-2/h4-5H,3,6H2,1-2H3,(H,12,14). The second-order valence-corrected chi connectivity index (χ2v) is 3.78. The summed E-state index contributed by atoms with van der Waals surface area (Å²) < 4.78 is 5.85. The highest BCUT2D eigenvalue weighted by Crippen LogP contribution is 2.21. The van der Waals surface area contributed by atoms with Gasteiger partial charge in [0.2, 0.25) is 11.8 Å². The average Bonchev–Trinajstić information content (AvgIpc) is 2.27. The van der Waals surface area contributed by atoms with Gasteiger partial charge in [-0.05, 0) is 28.1 Å². The van der Waals surface area contributed by atoms with Crippen LogP contribution < -0.4 is 10.1 Å². The third-order valence-electron chi connectivity index (χ3n) is 1.85. The maximum absolute atomic E-state index is 11.0. The average molecular weight is 273 g/mol. The van der Waals surface area contributed by atoms with Crippen LogP contribution >= 0.6 is 15.9 Å². The van der Waals surface area contributed by atoms with Gasteiger partial charge in [0.1, 0.15) is 0 Å². The lowest BCUT2D eigenvalue weighted by atomic mass is 10.3. The van der Waals surface area contributed by atoms with Gasteiger partial charge in [0, 0.05) is 6.42 Å². The van der Waals surface area contributed by atoms with Gasteiger partial charge in [-0.15, -0.1) is 0 Å². The number of hydrogen-bond acceptors (Lipinski definition) is 3. The molecule has 0 aliphatic heterocycles. The zero-order valence-electron chi connectivity index (χ0n) is 8.71. The molecule has 0 spiro atoms. The van der Waals surface area contributed by atoms with E-state index in [1.165, 1.54) is 0 Å². The van der Waals surface area contributed by atoms with Crippen molar-refractivity contribution < 1.29 is 9.53 Å². The molecule has 0 radical (unpaired) electrons. The number of aromatic nitrogens is 1. The molecule has 0 aliphatic rings. The minimum atomic E-state index is 0.0127. The van der Waals surface area contributed by atoms with Crippen LogP contribution in [-0.2, 0) is 11.3 Å². The number of ether oxygens (including phenoxy) is 1. The molecule has 1 aromatic rings. The Kier molecular flexibility index (Phi) is 4.55. The van der Waals surface area contributed by atoms with Crippen molar-refractivity contribution in [2.45, 2.75) is 19.9 Å². The first-order valence-electron chi connectivity index (χ1n) is 4.63. The maximum Gasteiger partial charge on any atom is 0.227 e. The van der Waals surface area contributed by atoms with Gasteiger partial charge in [0.25, 0.3) is 0 Å². The van der Waals surface area contributed by atoms with Gasteiger partial charge >= 0.3 is 0 Å². The predicted molar refractivity (Wildman–Crippen MR) is 60.6 cm³/mol. The van der Waals surface area contributed by atoms with Crippen molar-refractivity contribution in [1.82, 2.24) is 10.3 Å². The van der Waals surface area contributed by atoms with E-state index in [1.807, 2.05) is 19.1 Å². The van der Waals surface area contributed by atoms with Gasteiger partial charge in [-0.2, -0.15) is 0 Å². The molecule has 1 heterocycles. The zero-order valence-corrected chi connectivity index (χ0v) is 10.3. The van der Waals surface area contributed by atoms with Crippen molar-refractivity contribution in [3.8, 4) is 5.88 Å². The van der Waals surface area contributed by atoms with Crippen molar-refractivity contribution in [2.75, 3.05) is 7.11 Å². The molecule has 0 unspecified atom stereocenters. The number of pyridine rings is 1. The summed E-state index contributed by atoms with van der Waals surface area (Å²) in [4.78, 5) is 15.2. The normalized spacial score (nSPS) is 9.80. The molecule has 1 N–H and O–H groups in total. The van der Waals surface area contributed by atoms with Crippen molar-refractivity contribution >= 4 is 21.8 Å². The van der Waals surface area contributed by atoms with E-state index in [9.17, 15) is 4.79 Å². The van der Waals surface area contributed by atoms with Gasteiger partial charge in [-0.3, -0.25) is 4.79 Å². The molecule has 0 fully saturated rings. The summed E-state index contributed by atoms with van der Waals surface area (Å²) in [5, 5.41) is 2.75. The van der Waals surface area contributed by atoms with Crippen molar-refractivity contribution in [3.63, 3.8) is 0 Å². The molecule has 1 rings (SSSR count). The number of nitrogens with zero attached hydrogens (tertiary/aromatic N) is 1. The molecule has 0 atom stereocenters. The van der Waals surface area contributed by atoms with E-state index in [-0.39, 0.29) is 5.91 Å². The Balaban J connectivity index is 2.66. The fraction of sp³-hybridized carbons (Fsp3) is 0.400.